The van der Waals surface area contributed by atoms with E-state index in [4.69, 9.17) is 0 Å². The Morgan fingerprint density at radius 1 is 1.31 bits per heavy atom. The lowest BCUT2D eigenvalue weighted by Gasteiger charge is -2.23. The fraction of sp³-hybridized carbons (Fsp3) is 0.421. The van der Waals surface area contributed by atoms with Crippen LogP contribution in [0.1, 0.15) is 25.0 Å². The van der Waals surface area contributed by atoms with E-state index in [1.54, 1.807) is 15.8 Å². The molecule has 26 heavy (non-hydrogen) atoms. The molecule has 136 valence electrons. The van der Waals surface area contributed by atoms with Crippen molar-refractivity contribution in [2.45, 2.75) is 26.2 Å². The van der Waals surface area contributed by atoms with Crippen molar-refractivity contribution in [1.82, 2.24) is 14.7 Å². The number of anilines is 1. The Hall–Kier alpha value is -2.83. The second-order valence-electron chi connectivity index (χ2n) is 7.27. The number of hydrogen-bond donors (Lipinski definition) is 2. The maximum atomic E-state index is 12.7. The van der Waals surface area contributed by atoms with Crippen LogP contribution in [0.2, 0.25) is 0 Å². The van der Waals surface area contributed by atoms with Crippen LogP contribution in [-0.2, 0) is 4.79 Å². The van der Waals surface area contributed by atoms with E-state index in [1.165, 1.54) is 0 Å². The summed E-state index contributed by atoms with van der Waals surface area (Å²) in [7, 11) is 0. The van der Waals surface area contributed by atoms with Crippen LogP contribution in [-0.4, -0.2) is 44.9 Å². The fourth-order valence-corrected chi connectivity index (χ4v) is 4.28. The lowest BCUT2D eigenvalue weighted by molar-refractivity contribution is -0.149. The maximum Gasteiger partial charge on any atom is 0.321 e. The number of aliphatic carboxylic acids is 1. The number of fused-ring (bicyclic) bond motifs is 1. The first-order chi connectivity index (χ1) is 12.5. The molecule has 1 saturated carbocycles. The molecular formula is C19H22N4O3. The second kappa shape index (κ2) is 6.16. The first kappa shape index (κ1) is 16.6. The Balaban J connectivity index is 1.50. The summed E-state index contributed by atoms with van der Waals surface area (Å²) < 4.78 is 1.72. The van der Waals surface area contributed by atoms with E-state index in [9.17, 15) is 14.7 Å². The van der Waals surface area contributed by atoms with E-state index in [0.29, 0.717) is 18.7 Å². The molecule has 2 atom stereocenters. The number of para-hydroxylation sites is 1. The van der Waals surface area contributed by atoms with Crippen LogP contribution < -0.4 is 5.32 Å². The monoisotopic (exact) mass is 354 g/mol. The number of benzene rings is 1. The van der Waals surface area contributed by atoms with Gasteiger partial charge in [-0.25, -0.2) is 9.48 Å². The van der Waals surface area contributed by atoms with E-state index >= 15 is 0 Å². The number of amides is 2. The smallest absolute Gasteiger partial charge is 0.321 e. The van der Waals surface area contributed by atoms with E-state index in [-0.39, 0.29) is 18.5 Å². The summed E-state index contributed by atoms with van der Waals surface area (Å²) in [4.78, 5) is 26.1. The van der Waals surface area contributed by atoms with Crippen LogP contribution in [0.5, 0.6) is 0 Å². The number of likely N-dealkylation sites (tertiary alicyclic amines) is 1. The van der Waals surface area contributed by atoms with Crippen molar-refractivity contribution >= 4 is 17.7 Å². The molecule has 0 unspecified atom stereocenters. The van der Waals surface area contributed by atoms with Gasteiger partial charge in [0.05, 0.1) is 28.7 Å². The zero-order valence-electron chi connectivity index (χ0n) is 14.7. The predicted octanol–water partition coefficient (Wildman–Crippen LogP) is 2.90. The molecule has 2 amide bonds. The molecule has 2 fully saturated rings. The highest BCUT2D eigenvalue weighted by Gasteiger charge is 2.55. The topological polar surface area (TPSA) is 87.5 Å². The predicted molar refractivity (Wildman–Crippen MR) is 96.3 cm³/mol. The quantitative estimate of drug-likeness (QED) is 0.887. The molecule has 2 heterocycles. The number of carbonyl (C=O) groups excluding carboxylic acids is 1. The number of nitrogens with one attached hydrogen (secondary N) is 1. The van der Waals surface area contributed by atoms with Crippen LogP contribution in [0.3, 0.4) is 0 Å². The van der Waals surface area contributed by atoms with Gasteiger partial charge in [-0.05, 0) is 37.8 Å². The Morgan fingerprint density at radius 2 is 2.08 bits per heavy atom. The molecule has 0 bridgehead atoms. The summed E-state index contributed by atoms with van der Waals surface area (Å²) >= 11 is 0. The summed E-state index contributed by atoms with van der Waals surface area (Å²) in [5, 5.41) is 17.0. The van der Waals surface area contributed by atoms with Crippen molar-refractivity contribution in [3.8, 4) is 5.69 Å². The highest BCUT2D eigenvalue weighted by molar-refractivity contribution is 5.91. The molecule has 1 aliphatic carbocycles. The number of rotatable bonds is 3. The third kappa shape index (κ3) is 2.64. The summed E-state index contributed by atoms with van der Waals surface area (Å²) in [6.45, 7) is 2.63. The Morgan fingerprint density at radius 3 is 2.77 bits per heavy atom. The van der Waals surface area contributed by atoms with Crippen LogP contribution in [0, 0.1) is 18.3 Å². The van der Waals surface area contributed by atoms with Gasteiger partial charge in [0.25, 0.3) is 0 Å². The van der Waals surface area contributed by atoms with Gasteiger partial charge in [0, 0.05) is 13.1 Å². The van der Waals surface area contributed by atoms with Gasteiger partial charge in [-0.1, -0.05) is 24.6 Å². The molecular weight excluding hydrogens is 332 g/mol. The van der Waals surface area contributed by atoms with Crippen molar-refractivity contribution in [2.24, 2.45) is 11.3 Å². The average molecular weight is 354 g/mol. The van der Waals surface area contributed by atoms with E-state index in [2.05, 4.69) is 10.4 Å². The minimum atomic E-state index is -0.775. The molecule has 4 rings (SSSR count). The number of nitrogens with zero attached hydrogens (tertiary/aromatic N) is 3. The third-order valence-corrected chi connectivity index (χ3v) is 5.75. The first-order valence-corrected chi connectivity index (χ1v) is 8.90. The zero-order chi connectivity index (χ0) is 18.3. The molecule has 1 aromatic carbocycles. The largest absolute Gasteiger partial charge is 0.481 e. The third-order valence-electron chi connectivity index (χ3n) is 5.75. The van der Waals surface area contributed by atoms with Crippen LogP contribution in [0.25, 0.3) is 5.69 Å². The standard InChI is InChI=1S/C19H22N4O3/c1-13-16(11-23(21-13)15-7-3-2-4-8-15)20-18(26)22-10-14-6-5-9-19(14,12-22)17(24)25/h2-4,7-8,11,14H,5-6,9-10,12H2,1H3,(H,20,26)(H,24,25)/t14-,19+/m0/s1. The van der Waals surface area contributed by atoms with E-state index in [1.807, 2.05) is 37.3 Å². The zero-order valence-corrected chi connectivity index (χ0v) is 14.7. The molecule has 1 aromatic heterocycles. The number of carbonyl (C=O) groups is 2. The van der Waals surface area contributed by atoms with E-state index in [0.717, 1.165) is 24.2 Å². The maximum absolute atomic E-state index is 12.7. The molecule has 1 saturated heterocycles. The van der Waals surface area contributed by atoms with E-state index < -0.39 is 11.4 Å². The number of carboxylic acid groups (broad SMARTS) is 1. The van der Waals surface area contributed by atoms with Gasteiger partial charge in [-0.3, -0.25) is 4.79 Å². The van der Waals surface area contributed by atoms with Gasteiger partial charge >= 0.3 is 12.0 Å². The van der Waals surface area contributed by atoms with Crippen LogP contribution in [0.4, 0.5) is 10.5 Å². The first-order valence-electron chi connectivity index (χ1n) is 8.90. The minimum absolute atomic E-state index is 0.0545. The van der Waals surface area contributed by atoms with Gasteiger partial charge in [-0.15, -0.1) is 0 Å². The van der Waals surface area contributed by atoms with Gasteiger partial charge in [0.1, 0.15) is 0 Å². The molecule has 0 radical (unpaired) electrons. The van der Waals surface area contributed by atoms with Crippen molar-refractivity contribution in [3.63, 3.8) is 0 Å². The van der Waals surface area contributed by atoms with Gasteiger partial charge in [-0.2, -0.15) is 5.10 Å². The van der Waals surface area contributed by atoms with Crippen molar-refractivity contribution in [2.75, 3.05) is 18.4 Å². The lowest BCUT2D eigenvalue weighted by atomic mass is 9.81. The fourth-order valence-electron chi connectivity index (χ4n) is 4.28. The lowest BCUT2D eigenvalue weighted by Crippen LogP contribution is -2.38. The second-order valence-corrected chi connectivity index (χ2v) is 7.27. The Kier molecular flexibility index (Phi) is 3.94. The summed E-state index contributed by atoms with van der Waals surface area (Å²) in [5.41, 5.74) is 1.51. The van der Waals surface area contributed by atoms with Crippen LogP contribution in [0.15, 0.2) is 36.5 Å². The SMILES string of the molecule is Cc1nn(-c2ccccc2)cc1NC(=O)N1C[C@@H]2CCC[C@@]2(C(=O)O)C1. The van der Waals surface area contributed by atoms with Gasteiger partial charge in [0.2, 0.25) is 0 Å². The number of hydrogen-bond acceptors (Lipinski definition) is 3. The van der Waals surface area contributed by atoms with Crippen molar-refractivity contribution in [1.29, 1.82) is 0 Å². The van der Waals surface area contributed by atoms with Gasteiger partial charge in [0.15, 0.2) is 0 Å². The number of aryl methyl sites for hydroxylation is 1. The van der Waals surface area contributed by atoms with Gasteiger partial charge < -0.3 is 15.3 Å². The summed E-state index contributed by atoms with van der Waals surface area (Å²) in [6.07, 6.45) is 4.24. The molecule has 2 N–H and O–H groups in total. The average Bonchev–Trinajstić information content (AvgIpc) is 3.29. The highest BCUT2D eigenvalue weighted by Crippen LogP contribution is 2.48. The molecule has 7 nitrogen and oxygen atoms in total. The van der Waals surface area contributed by atoms with Crippen molar-refractivity contribution in [3.05, 3.63) is 42.2 Å². The highest BCUT2D eigenvalue weighted by atomic mass is 16.4. The number of urea groups is 1. The summed E-state index contributed by atoms with van der Waals surface area (Å²) in [5.74, 6) is -0.720. The summed E-state index contributed by atoms with van der Waals surface area (Å²) in [6, 6.07) is 9.42. The molecule has 7 heteroatoms. The molecule has 1 aliphatic heterocycles. The minimum Gasteiger partial charge on any atom is -0.481 e. The number of aromatic nitrogens is 2. The van der Waals surface area contributed by atoms with Crippen LogP contribution >= 0.6 is 0 Å². The molecule has 0 spiro atoms. The van der Waals surface area contributed by atoms with Crippen molar-refractivity contribution < 1.29 is 14.7 Å². The Labute approximate surface area is 151 Å². The number of carboxylic acids is 1. The molecule has 2 aromatic rings. The normalized spacial score (nSPS) is 24.5. The molecule has 2 aliphatic rings. The Bertz CT molecular complexity index is 848.